The molecule has 1 atom stereocenters. The molecule has 3 rings (SSSR count). The van der Waals surface area contributed by atoms with Crippen molar-refractivity contribution in [3.05, 3.63) is 0 Å². The van der Waals surface area contributed by atoms with E-state index in [2.05, 4.69) is 22.0 Å². The normalized spacial score (nSPS) is 27.5. The first-order chi connectivity index (χ1) is 11.8. The second-order valence-electron chi connectivity index (χ2n) is 7.90. The highest BCUT2D eigenvalue weighted by Gasteiger charge is 2.41. The van der Waals surface area contributed by atoms with Crippen LogP contribution in [0.3, 0.4) is 0 Å². The molecule has 5 heteroatoms. The van der Waals surface area contributed by atoms with Crippen molar-refractivity contribution >= 4 is 5.96 Å². The lowest BCUT2D eigenvalue weighted by Crippen LogP contribution is -2.42. The van der Waals surface area contributed by atoms with E-state index in [0.29, 0.717) is 11.5 Å². The van der Waals surface area contributed by atoms with E-state index in [0.717, 1.165) is 32.2 Å². The maximum atomic E-state index is 5.25. The first-order valence-electron chi connectivity index (χ1n) is 10.0. The van der Waals surface area contributed by atoms with E-state index in [9.17, 15) is 0 Å². The van der Waals surface area contributed by atoms with Crippen molar-refractivity contribution in [1.82, 2.24) is 15.1 Å². The Morgan fingerprint density at radius 1 is 1.21 bits per heavy atom. The largest absolute Gasteiger partial charge is 0.383 e. The first kappa shape index (κ1) is 18.0. The third-order valence-corrected chi connectivity index (χ3v) is 6.27. The highest BCUT2D eigenvalue weighted by atomic mass is 16.5. The second kappa shape index (κ2) is 8.52. The molecule has 5 nitrogen and oxygen atoms in total. The van der Waals surface area contributed by atoms with E-state index in [1.165, 1.54) is 64.6 Å². The maximum Gasteiger partial charge on any atom is 0.193 e. The maximum absolute atomic E-state index is 5.25. The summed E-state index contributed by atoms with van der Waals surface area (Å²) >= 11 is 0. The minimum Gasteiger partial charge on any atom is -0.383 e. The lowest BCUT2D eigenvalue weighted by molar-refractivity contribution is 0.142. The molecule has 0 aromatic carbocycles. The summed E-state index contributed by atoms with van der Waals surface area (Å²) in [5.74, 6) is 1.15. The zero-order valence-corrected chi connectivity index (χ0v) is 15.7. The van der Waals surface area contributed by atoms with Crippen LogP contribution in [-0.4, -0.2) is 74.8 Å². The molecule has 3 fully saturated rings. The van der Waals surface area contributed by atoms with Gasteiger partial charge in [0.15, 0.2) is 5.96 Å². The molecule has 1 unspecified atom stereocenters. The number of methoxy groups -OCH3 is 1. The van der Waals surface area contributed by atoms with Gasteiger partial charge in [-0.05, 0) is 51.0 Å². The zero-order valence-electron chi connectivity index (χ0n) is 15.7. The van der Waals surface area contributed by atoms with Crippen molar-refractivity contribution in [2.45, 2.75) is 57.9 Å². The molecule has 2 aliphatic heterocycles. The number of guanidine groups is 1. The Bertz CT molecular complexity index is 420. The van der Waals surface area contributed by atoms with Crippen molar-refractivity contribution in [1.29, 1.82) is 0 Å². The molecule has 0 amide bonds. The quantitative estimate of drug-likeness (QED) is 0.597. The van der Waals surface area contributed by atoms with Crippen LogP contribution in [0, 0.1) is 5.41 Å². The molecule has 1 spiro atoms. The van der Waals surface area contributed by atoms with E-state index in [-0.39, 0.29) is 0 Å². The molecule has 2 saturated heterocycles. The summed E-state index contributed by atoms with van der Waals surface area (Å²) in [6.07, 6.45) is 9.65. The van der Waals surface area contributed by atoms with Gasteiger partial charge in [-0.2, -0.15) is 0 Å². The third kappa shape index (κ3) is 4.23. The fourth-order valence-corrected chi connectivity index (χ4v) is 4.87. The molecule has 2 heterocycles. The molecular formula is C19H36N4O. The van der Waals surface area contributed by atoms with Crippen LogP contribution < -0.4 is 5.32 Å². The Kier molecular flexibility index (Phi) is 6.39. The summed E-state index contributed by atoms with van der Waals surface area (Å²) in [6, 6.07) is 0.594. The van der Waals surface area contributed by atoms with Gasteiger partial charge in [-0.15, -0.1) is 0 Å². The number of hydrogen-bond acceptors (Lipinski definition) is 3. The molecule has 0 aromatic heterocycles. The zero-order chi connectivity index (χ0) is 16.8. The molecule has 138 valence electrons. The van der Waals surface area contributed by atoms with Crippen molar-refractivity contribution in [3.8, 4) is 0 Å². The summed E-state index contributed by atoms with van der Waals surface area (Å²) in [5, 5.41) is 3.55. The van der Waals surface area contributed by atoms with Crippen LogP contribution in [0.15, 0.2) is 4.99 Å². The molecule has 1 saturated carbocycles. The van der Waals surface area contributed by atoms with Gasteiger partial charge in [0.25, 0.3) is 0 Å². The summed E-state index contributed by atoms with van der Waals surface area (Å²) in [5.41, 5.74) is 0.605. The lowest BCUT2D eigenvalue weighted by Gasteiger charge is -2.27. The number of ether oxygens (including phenoxy) is 1. The van der Waals surface area contributed by atoms with Crippen LogP contribution in [0.4, 0.5) is 0 Å². The Labute approximate surface area is 147 Å². The first-order valence-corrected chi connectivity index (χ1v) is 10.0. The number of rotatable bonds is 6. The van der Waals surface area contributed by atoms with E-state index >= 15 is 0 Å². The van der Waals surface area contributed by atoms with E-state index in [1.54, 1.807) is 7.11 Å². The molecular weight excluding hydrogens is 300 g/mol. The Morgan fingerprint density at radius 3 is 2.79 bits per heavy atom. The number of nitrogens with one attached hydrogen (secondary N) is 1. The van der Waals surface area contributed by atoms with E-state index in [1.807, 2.05) is 0 Å². The summed E-state index contributed by atoms with van der Waals surface area (Å²) < 4.78 is 5.25. The third-order valence-electron chi connectivity index (χ3n) is 6.27. The second-order valence-corrected chi connectivity index (χ2v) is 7.90. The van der Waals surface area contributed by atoms with Crippen LogP contribution in [0.5, 0.6) is 0 Å². The van der Waals surface area contributed by atoms with Gasteiger partial charge in [0.2, 0.25) is 0 Å². The standard InChI is InChI=1S/C19H36N4O/c1-3-20-18(23-12-10-19(16-23)8-4-5-9-19)21-15-17-7-6-11-22(17)13-14-24-2/h17H,3-16H2,1-2H3,(H,20,21). The molecule has 24 heavy (non-hydrogen) atoms. The van der Waals surface area contributed by atoms with Crippen molar-refractivity contribution in [2.75, 3.05) is 53.0 Å². The molecule has 1 aliphatic carbocycles. The summed E-state index contributed by atoms with van der Waals surface area (Å²) in [7, 11) is 1.79. The number of likely N-dealkylation sites (tertiary alicyclic amines) is 2. The topological polar surface area (TPSA) is 40.1 Å². The van der Waals surface area contributed by atoms with Gasteiger partial charge in [-0.25, -0.2) is 0 Å². The van der Waals surface area contributed by atoms with Crippen molar-refractivity contribution < 1.29 is 4.74 Å². The fraction of sp³-hybridized carbons (Fsp3) is 0.947. The predicted molar refractivity (Wildman–Crippen MR) is 99.5 cm³/mol. The fourth-order valence-electron chi connectivity index (χ4n) is 4.87. The predicted octanol–water partition coefficient (Wildman–Crippen LogP) is 2.33. The van der Waals surface area contributed by atoms with Gasteiger partial charge in [-0.1, -0.05) is 12.8 Å². The Hall–Kier alpha value is -0.810. The minimum atomic E-state index is 0.594. The average molecular weight is 337 g/mol. The number of hydrogen-bond donors (Lipinski definition) is 1. The number of nitrogens with zero attached hydrogens (tertiary/aromatic N) is 3. The molecule has 0 bridgehead atoms. The Morgan fingerprint density at radius 2 is 2.04 bits per heavy atom. The Balaban J connectivity index is 1.57. The van der Waals surface area contributed by atoms with Crippen LogP contribution in [-0.2, 0) is 4.74 Å². The molecule has 1 N–H and O–H groups in total. The smallest absolute Gasteiger partial charge is 0.193 e. The summed E-state index contributed by atoms with van der Waals surface area (Å²) in [6.45, 7) is 9.54. The van der Waals surface area contributed by atoms with Crippen LogP contribution in [0.2, 0.25) is 0 Å². The van der Waals surface area contributed by atoms with Crippen LogP contribution >= 0.6 is 0 Å². The van der Waals surface area contributed by atoms with Crippen molar-refractivity contribution in [3.63, 3.8) is 0 Å². The highest BCUT2D eigenvalue weighted by Crippen LogP contribution is 2.45. The average Bonchev–Trinajstić information content (AvgIpc) is 3.32. The molecule has 0 radical (unpaired) electrons. The van der Waals surface area contributed by atoms with Gasteiger partial charge in [0.05, 0.1) is 13.2 Å². The van der Waals surface area contributed by atoms with Gasteiger partial charge >= 0.3 is 0 Å². The van der Waals surface area contributed by atoms with E-state index < -0.39 is 0 Å². The number of aliphatic imine (C=N–C) groups is 1. The highest BCUT2D eigenvalue weighted by molar-refractivity contribution is 5.80. The summed E-state index contributed by atoms with van der Waals surface area (Å²) in [4.78, 5) is 10.1. The molecule has 3 aliphatic rings. The minimum absolute atomic E-state index is 0.594. The van der Waals surface area contributed by atoms with Gasteiger partial charge in [0.1, 0.15) is 0 Å². The van der Waals surface area contributed by atoms with Gasteiger partial charge in [0, 0.05) is 39.3 Å². The monoisotopic (exact) mass is 336 g/mol. The van der Waals surface area contributed by atoms with Crippen LogP contribution in [0.25, 0.3) is 0 Å². The van der Waals surface area contributed by atoms with Gasteiger partial charge < -0.3 is 15.0 Å². The SMILES string of the molecule is CCNC(=NCC1CCCN1CCOC)N1CCC2(CCCC2)C1. The van der Waals surface area contributed by atoms with E-state index in [4.69, 9.17) is 9.73 Å². The lowest BCUT2D eigenvalue weighted by atomic mass is 9.86. The molecule has 0 aromatic rings. The van der Waals surface area contributed by atoms with Crippen molar-refractivity contribution in [2.24, 2.45) is 10.4 Å². The van der Waals surface area contributed by atoms with Crippen LogP contribution in [0.1, 0.15) is 51.9 Å². The van der Waals surface area contributed by atoms with Gasteiger partial charge in [-0.3, -0.25) is 9.89 Å².